The first-order chi connectivity index (χ1) is 6.83. The highest BCUT2D eigenvalue weighted by Crippen LogP contribution is 2.34. The van der Waals surface area contributed by atoms with E-state index >= 15 is 0 Å². The molecule has 0 aromatic carbocycles. The van der Waals surface area contributed by atoms with Gasteiger partial charge < -0.3 is 0 Å². The largest absolute Gasteiger partial charge is 0.107 e. The quantitative estimate of drug-likeness (QED) is 0.475. The minimum Gasteiger partial charge on any atom is -0.107 e. The second kappa shape index (κ2) is 5.94. The summed E-state index contributed by atoms with van der Waals surface area (Å²) in [5.74, 6) is 12.7. The highest BCUT2D eigenvalue weighted by Gasteiger charge is 2.32. The van der Waals surface area contributed by atoms with Gasteiger partial charge in [0, 0.05) is 12.1 Å². The van der Waals surface area contributed by atoms with Gasteiger partial charge in [-0.2, -0.15) is 0 Å². The van der Waals surface area contributed by atoms with E-state index in [1.54, 1.807) is 0 Å². The van der Waals surface area contributed by atoms with Crippen LogP contribution in [0, 0.1) is 23.7 Å². The lowest BCUT2D eigenvalue weighted by atomic mass is 10.3. The molecule has 0 N–H and O–H groups in total. The van der Waals surface area contributed by atoms with Gasteiger partial charge >= 0.3 is 0 Å². The van der Waals surface area contributed by atoms with E-state index in [-0.39, 0.29) is 0 Å². The molecule has 0 aromatic heterocycles. The number of rotatable bonds is 2. The van der Waals surface area contributed by atoms with E-state index in [1.165, 1.54) is 43.4 Å². The van der Waals surface area contributed by atoms with Crippen LogP contribution in [0.3, 0.4) is 0 Å². The monoisotopic (exact) mass is 204 g/mol. The predicted molar refractivity (Wildman–Crippen MR) is 65.7 cm³/mol. The van der Waals surface area contributed by atoms with Crippen molar-refractivity contribution in [3.63, 3.8) is 0 Å². The molecular formula is C13H20Si. The molecule has 1 aliphatic rings. The van der Waals surface area contributed by atoms with Crippen LogP contribution >= 0.6 is 0 Å². The molecule has 0 radical (unpaired) electrons. The third-order valence-corrected chi connectivity index (χ3v) is 7.88. The summed E-state index contributed by atoms with van der Waals surface area (Å²) in [6.07, 6.45) is 4.31. The van der Waals surface area contributed by atoms with Crippen LogP contribution in [0.2, 0.25) is 24.2 Å². The van der Waals surface area contributed by atoms with Crippen molar-refractivity contribution >= 4 is 8.07 Å². The van der Waals surface area contributed by atoms with Gasteiger partial charge in [-0.3, -0.25) is 0 Å². The summed E-state index contributed by atoms with van der Waals surface area (Å²) < 4.78 is 0. The second-order valence-electron chi connectivity index (χ2n) is 4.27. The molecule has 0 spiro atoms. The Hall–Kier alpha value is -0.663. The molecule has 1 aliphatic heterocycles. The van der Waals surface area contributed by atoms with E-state index in [0.29, 0.717) is 0 Å². The number of hydrogen-bond acceptors (Lipinski definition) is 0. The second-order valence-corrected chi connectivity index (χ2v) is 8.97. The van der Waals surface area contributed by atoms with E-state index in [0.717, 1.165) is 0 Å². The average molecular weight is 204 g/mol. The van der Waals surface area contributed by atoms with Crippen molar-refractivity contribution in [1.82, 2.24) is 0 Å². The summed E-state index contributed by atoms with van der Waals surface area (Å²) in [4.78, 5) is 0. The normalized spacial score (nSPS) is 18.7. The van der Waals surface area contributed by atoms with Gasteiger partial charge in [-0.15, -0.1) is 23.7 Å². The lowest BCUT2D eigenvalue weighted by Gasteiger charge is -2.32. The van der Waals surface area contributed by atoms with Gasteiger partial charge in [-0.1, -0.05) is 31.4 Å². The first-order valence-electron chi connectivity index (χ1n) is 5.62. The van der Waals surface area contributed by atoms with E-state index in [2.05, 4.69) is 23.7 Å². The minimum atomic E-state index is -1.07. The van der Waals surface area contributed by atoms with E-state index in [9.17, 15) is 0 Å². The summed E-state index contributed by atoms with van der Waals surface area (Å²) >= 11 is 0. The summed E-state index contributed by atoms with van der Waals surface area (Å²) in [6.45, 7) is 3.91. The molecule has 0 saturated carbocycles. The van der Waals surface area contributed by atoms with Crippen molar-refractivity contribution in [3.05, 3.63) is 0 Å². The minimum absolute atomic E-state index is 1.07. The molecular weight excluding hydrogens is 184 g/mol. The van der Waals surface area contributed by atoms with E-state index in [4.69, 9.17) is 0 Å². The Labute approximate surface area is 89.5 Å². The van der Waals surface area contributed by atoms with Crippen LogP contribution in [0.25, 0.3) is 0 Å². The van der Waals surface area contributed by atoms with Crippen molar-refractivity contribution in [3.8, 4) is 23.7 Å². The van der Waals surface area contributed by atoms with Crippen molar-refractivity contribution in [1.29, 1.82) is 0 Å². The molecule has 0 aromatic rings. The van der Waals surface area contributed by atoms with E-state index in [1.807, 2.05) is 13.8 Å². The van der Waals surface area contributed by atoms with Crippen molar-refractivity contribution in [2.45, 2.75) is 57.3 Å². The standard InChI is InChI=1S/C13H20Si/c1-3-5-10-14(11-6-4-2)12-8-7-9-13-14/h7-13H2,1-2H3. The van der Waals surface area contributed by atoms with Crippen LogP contribution in [0.5, 0.6) is 0 Å². The first-order valence-corrected chi connectivity index (χ1v) is 8.45. The van der Waals surface area contributed by atoms with Crippen LogP contribution in [0.15, 0.2) is 0 Å². The van der Waals surface area contributed by atoms with Gasteiger partial charge in [0.05, 0.1) is 8.07 Å². The van der Waals surface area contributed by atoms with Crippen molar-refractivity contribution in [2.24, 2.45) is 0 Å². The Bertz CT molecular complexity index is 252. The van der Waals surface area contributed by atoms with Crippen LogP contribution in [-0.4, -0.2) is 8.07 Å². The molecule has 1 saturated heterocycles. The van der Waals surface area contributed by atoms with Gasteiger partial charge in [-0.25, -0.2) is 0 Å². The third kappa shape index (κ3) is 3.24. The molecule has 0 bridgehead atoms. The molecule has 0 amide bonds. The fraction of sp³-hybridized carbons (Fsp3) is 0.692. The maximum Gasteiger partial charge on any atom is 0.0789 e. The Morgan fingerprint density at radius 2 is 1.36 bits per heavy atom. The lowest BCUT2D eigenvalue weighted by molar-refractivity contribution is 0.708. The van der Waals surface area contributed by atoms with Crippen molar-refractivity contribution in [2.75, 3.05) is 0 Å². The summed E-state index contributed by atoms with van der Waals surface area (Å²) in [5, 5.41) is 0. The van der Waals surface area contributed by atoms with Crippen LogP contribution < -0.4 is 0 Å². The highest BCUT2D eigenvalue weighted by atomic mass is 28.3. The van der Waals surface area contributed by atoms with Crippen LogP contribution in [-0.2, 0) is 0 Å². The maximum atomic E-state index is 3.31. The third-order valence-electron chi connectivity index (χ3n) is 3.19. The molecule has 1 heterocycles. The highest BCUT2D eigenvalue weighted by molar-refractivity contribution is 6.81. The molecule has 76 valence electrons. The Kier molecular flexibility index (Phi) is 4.84. The Balaban J connectivity index is 2.62. The Morgan fingerprint density at radius 1 is 0.857 bits per heavy atom. The molecule has 1 heteroatoms. The first kappa shape index (κ1) is 11.4. The molecule has 0 nitrogen and oxygen atoms in total. The van der Waals surface area contributed by atoms with Crippen molar-refractivity contribution < 1.29 is 0 Å². The zero-order chi connectivity index (χ0) is 10.3. The Morgan fingerprint density at radius 3 is 1.79 bits per heavy atom. The fourth-order valence-corrected chi connectivity index (χ4v) is 6.46. The molecule has 0 unspecified atom stereocenters. The SMILES string of the molecule is CC#CC[Si]1(CC#CC)CCCCC1. The zero-order valence-electron chi connectivity index (χ0n) is 9.45. The molecule has 0 atom stereocenters. The van der Waals surface area contributed by atoms with E-state index < -0.39 is 8.07 Å². The molecule has 1 fully saturated rings. The maximum absolute atomic E-state index is 3.31. The van der Waals surface area contributed by atoms with Gasteiger partial charge in [-0.05, 0) is 13.8 Å². The summed E-state index contributed by atoms with van der Waals surface area (Å²) in [7, 11) is -1.07. The lowest BCUT2D eigenvalue weighted by Crippen LogP contribution is -2.35. The molecule has 14 heavy (non-hydrogen) atoms. The predicted octanol–water partition coefficient (Wildman–Crippen LogP) is 3.67. The topological polar surface area (TPSA) is 0 Å². The smallest absolute Gasteiger partial charge is 0.0789 e. The molecule has 0 aliphatic carbocycles. The molecule has 1 rings (SSSR count). The fourth-order valence-electron chi connectivity index (χ4n) is 2.27. The van der Waals surface area contributed by atoms with Crippen LogP contribution in [0.1, 0.15) is 33.1 Å². The van der Waals surface area contributed by atoms with Gasteiger partial charge in [0.25, 0.3) is 0 Å². The van der Waals surface area contributed by atoms with Crippen LogP contribution in [0.4, 0.5) is 0 Å². The van der Waals surface area contributed by atoms with Gasteiger partial charge in [0.1, 0.15) is 0 Å². The van der Waals surface area contributed by atoms with Gasteiger partial charge in [0.2, 0.25) is 0 Å². The summed E-state index contributed by atoms with van der Waals surface area (Å²) in [5.41, 5.74) is 0. The average Bonchev–Trinajstić information content (AvgIpc) is 2.25. The number of hydrogen-bond donors (Lipinski definition) is 0. The zero-order valence-corrected chi connectivity index (χ0v) is 10.4. The summed E-state index contributed by atoms with van der Waals surface area (Å²) in [6, 6.07) is 5.32. The van der Waals surface area contributed by atoms with Gasteiger partial charge in [0.15, 0.2) is 0 Å².